The molecule has 0 aliphatic carbocycles. The third kappa shape index (κ3) is 5.52. The van der Waals surface area contributed by atoms with Crippen molar-refractivity contribution in [3.63, 3.8) is 0 Å². The number of likely N-dealkylation sites (tertiary alicyclic amines) is 1. The minimum absolute atomic E-state index is 0.317. The van der Waals surface area contributed by atoms with Gasteiger partial charge < -0.3 is 0 Å². The summed E-state index contributed by atoms with van der Waals surface area (Å²) in [6.45, 7) is 3.90. The van der Waals surface area contributed by atoms with Crippen LogP contribution in [0.1, 0.15) is 35.7 Å². The van der Waals surface area contributed by atoms with Crippen LogP contribution in [0.5, 0.6) is 0 Å². The van der Waals surface area contributed by atoms with E-state index in [4.69, 9.17) is 16.7 Å². The highest BCUT2D eigenvalue weighted by Gasteiger charge is 2.27. The predicted molar refractivity (Wildman–Crippen MR) is 164 cm³/mol. The fourth-order valence-corrected chi connectivity index (χ4v) is 7.28. The molecule has 0 radical (unpaired) electrons. The van der Waals surface area contributed by atoms with Crippen LogP contribution >= 0.6 is 22.9 Å². The third-order valence-corrected chi connectivity index (χ3v) is 10.0. The van der Waals surface area contributed by atoms with E-state index in [1.54, 1.807) is 29.5 Å². The van der Waals surface area contributed by atoms with E-state index < -0.39 is 9.84 Å². The molecule has 8 heteroatoms. The van der Waals surface area contributed by atoms with Crippen LogP contribution in [0.4, 0.5) is 0 Å². The lowest BCUT2D eigenvalue weighted by Crippen LogP contribution is -2.23. The van der Waals surface area contributed by atoms with Crippen LogP contribution < -0.4 is 0 Å². The Hall–Kier alpha value is -3.23. The Labute approximate surface area is 244 Å². The van der Waals surface area contributed by atoms with Gasteiger partial charge in [-0.05, 0) is 79.9 Å². The van der Waals surface area contributed by atoms with Gasteiger partial charge >= 0.3 is 0 Å². The van der Waals surface area contributed by atoms with Gasteiger partial charge in [-0.15, -0.1) is 11.3 Å². The van der Waals surface area contributed by atoms with Crippen molar-refractivity contribution in [3.8, 4) is 26.7 Å². The van der Waals surface area contributed by atoms with Crippen molar-refractivity contribution in [2.45, 2.75) is 37.2 Å². The molecule has 40 heavy (non-hydrogen) atoms. The molecule has 1 aliphatic heterocycles. The summed E-state index contributed by atoms with van der Waals surface area (Å²) in [7, 11) is -3.29. The first-order chi connectivity index (χ1) is 19.3. The van der Waals surface area contributed by atoms with E-state index in [0.29, 0.717) is 16.0 Å². The minimum atomic E-state index is -3.29. The summed E-state index contributed by atoms with van der Waals surface area (Å²) in [5.74, 6) is 0. The van der Waals surface area contributed by atoms with Gasteiger partial charge in [0.15, 0.2) is 9.84 Å². The van der Waals surface area contributed by atoms with E-state index >= 15 is 0 Å². The number of nitrogens with zero attached hydrogens (tertiary/aromatic N) is 3. The van der Waals surface area contributed by atoms with Crippen molar-refractivity contribution in [1.82, 2.24) is 14.7 Å². The third-order valence-electron chi connectivity index (χ3n) is 7.44. The number of aryl methyl sites for hydroxylation is 1. The highest BCUT2D eigenvalue weighted by atomic mass is 35.5. The normalized spacial score (nSPS) is 16.0. The minimum Gasteiger partial charge on any atom is -0.290 e. The molecule has 2 aromatic heterocycles. The molecule has 0 saturated carbocycles. The lowest BCUT2D eigenvalue weighted by atomic mass is 10.0. The second-order valence-corrected chi connectivity index (χ2v) is 13.9. The van der Waals surface area contributed by atoms with Gasteiger partial charge in [0.25, 0.3) is 0 Å². The van der Waals surface area contributed by atoms with Crippen LogP contribution in [0, 0.1) is 6.92 Å². The summed E-state index contributed by atoms with van der Waals surface area (Å²) < 4.78 is 26.2. The molecular weight excluding hydrogens is 558 g/mol. The van der Waals surface area contributed by atoms with E-state index in [1.165, 1.54) is 17.4 Å². The molecule has 3 aromatic carbocycles. The summed E-state index contributed by atoms with van der Waals surface area (Å²) in [5.41, 5.74) is 6.28. The Morgan fingerprint density at radius 1 is 0.950 bits per heavy atom. The molecule has 3 heterocycles. The molecule has 6 rings (SSSR count). The largest absolute Gasteiger partial charge is 0.290 e. The number of thiophene rings is 1. The zero-order chi connectivity index (χ0) is 27.9. The quantitative estimate of drug-likeness (QED) is 0.194. The Morgan fingerprint density at radius 2 is 1.73 bits per heavy atom. The van der Waals surface area contributed by atoms with Gasteiger partial charge in [-0.1, -0.05) is 65.7 Å². The fourth-order valence-electron chi connectivity index (χ4n) is 5.39. The van der Waals surface area contributed by atoms with Gasteiger partial charge in [0.1, 0.15) is 0 Å². The number of hydrogen-bond donors (Lipinski definition) is 0. The molecule has 1 aliphatic rings. The van der Waals surface area contributed by atoms with Crippen molar-refractivity contribution in [1.29, 1.82) is 0 Å². The standard InChI is InChI=1S/C32H30ClN3O2S2/c1-22-12-14-23(15-13-22)28-11-6-18-35(28)21-25-20-30(36(34-25)29-10-4-3-9-27(29)33)32-17-16-31(39-32)24-7-5-8-26(19-24)40(2,37)38/h3-5,7-10,12-17,19-20,28H,6,11,18,21H2,1-2H3. The number of halogens is 1. The molecule has 5 nitrogen and oxygen atoms in total. The van der Waals surface area contributed by atoms with E-state index in [1.807, 2.05) is 41.1 Å². The smallest absolute Gasteiger partial charge is 0.175 e. The van der Waals surface area contributed by atoms with Gasteiger partial charge in [0, 0.05) is 23.7 Å². The van der Waals surface area contributed by atoms with Gasteiger partial charge in [-0.3, -0.25) is 4.90 Å². The van der Waals surface area contributed by atoms with E-state index in [9.17, 15) is 8.42 Å². The summed E-state index contributed by atoms with van der Waals surface area (Å²) in [5, 5.41) is 5.70. The SMILES string of the molecule is Cc1ccc(C2CCCN2Cc2cc(-c3ccc(-c4cccc(S(C)(=O)=O)c4)s3)n(-c3ccccc3Cl)n2)cc1. The van der Waals surface area contributed by atoms with Crippen molar-refractivity contribution >= 4 is 32.8 Å². The van der Waals surface area contributed by atoms with Crippen LogP contribution in [0.3, 0.4) is 0 Å². The Morgan fingerprint density at radius 3 is 2.50 bits per heavy atom. The molecule has 1 unspecified atom stereocenters. The predicted octanol–water partition coefficient (Wildman–Crippen LogP) is 7.97. The number of hydrogen-bond acceptors (Lipinski definition) is 5. The number of benzene rings is 3. The fraction of sp³-hybridized carbons (Fsp3) is 0.219. The van der Waals surface area contributed by atoms with Crippen molar-refractivity contribution in [2.75, 3.05) is 12.8 Å². The molecule has 204 valence electrons. The second-order valence-electron chi connectivity index (χ2n) is 10.4. The van der Waals surface area contributed by atoms with Gasteiger partial charge in [0.05, 0.1) is 31.9 Å². The zero-order valence-corrected chi connectivity index (χ0v) is 24.8. The Kier molecular flexibility index (Phi) is 7.40. The maximum atomic E-state index is 12.1. The molecule has 0 bridgehead atoms. The van der Waals surface area contributed by atoms with Crippen molar-refractivity contribution in [2.24, 2.45) is 0 Å². The van der Waals surface area contributed by atoms with Crippen LogP contribution in [-0.2, 0) is 16.4 Å². The van der Waals surface area contributed by atoms with Crippen LogP contribution in [0.25, 0.3) is 26.7 Å². The van der Waals surface area contributed by atoms with E-state index in [-0.39, 0.29) is 0 Å². The molecule has 1 saturated heterocycles. The topological polar surface area (TPSA) is 55.2 Å². The first-order valence-electron chi connectivity index (χ1n) is 13.3. The molecule has 5 aromatic rings. The molecular formula is C32H30ClN3O2S2. The van der Waals surface area contributed by atoms with Crippen molar-refractivity contribution < 1.29 is 8.42 Å². The number of rotatable bonds is 7. The highest BCUT2D eigenvalue weighted by molar-refractivity contribution is 7.90. The van der Waals surface area contributed by atoms with Crippen LogP contribution in [0.2, 0.25) is 5.02 Å². The summed E-state index contributed by atoms with van der Waals surface area (Å²) >= 11 is 8.27. The Balaban J connectivity index is 1.37. The van der Waals surface area contributed by atoms with E-state index in [2.05, 4.69) is 48.2 Å². The summed E-state index contributed by atoms with van der Waals surface area (Å²) in [6.07, 6.45) is 3.54. The van der Waals surface area contributed by atoms with Crippen molar-refractivity contribution in [3.05, 3.63) is 113 Å². The van der Waals surface area contributed by atoms with Crippen LogP contribution in [-0.4, -0.2) is 35.9 Å². The zero-order valence-electron chi connectivity index (χ0n) is 22.4. The van der Waals surface area contributed by atoms with Gasteiger partial charge in [-0.2, -0.15) is 5.10 Å². The lowest BCUT2D eigenvalue weighted by molar-refractivity contribution is 0.245. The number of aromatic nitrogens is 2. The van der Waals surface area contributed by atoms with Gasteiger partial charge in [0.2, 0.25) is 0 Å². The monoisotopic (exact) mass is 587 g/mol. The lowest BCUT2D eigenvalue weighted by Gasteiger charge is -2.24. The second kappa shape index (κ2) is 11.0. The molecule has 0 spiro atoms. The Bertz CT molecular complexity index is 1770. The number of sulfone groups is 1. The molecule has 1 atom stereocenters. The maximum absolute atomic E-state index is 12.1. The molecule has 1 fully saturated rings. The first-order valence-corrected chi connectivity index (χ1v) is 16.4. The maximum Gasteiger partial charge on any atom is 0.175 e. The number of para-hydroxylation sites is 1. The van der Waals surface area contributed by atoms with E-state index in [0.717, 1.165) is 58.3 Å². The summed E-state index contributed by atoms with van der Waals surface area (Å²) in [4.78, 5) is 4.87. The first kappa shape index (κ1) is 27.0. The molecule has 0 amide bonds. The van der Waals surface area contributed by atoms with Crippen LogP contribution in [0.15, 0.2) is 95.9 Å². The molecule has 0 N–H and O–H groups in total. The average molecular weight is 588 g/mol. The van der Waals surface area contributed by atoms with Gasteiger partial charge in [-0.25, -0.2) is 13.1 Å². The highest BCUT2D eigenvalue weighted by Crippen LogP contribution is 2.38. The summed E-state index contributed by atoms with van der Waals surface area (Å²) in [6, 6.07) is 30.4. The average Bonchev–Trinajstić information content (AvgIpc) is 3.69.